The van der Waals surface area contributed by atoms with Gasteiger partial charge in [-0.15, -0.1) is 0 Å². The molecule has 1 aromatic rings. The predicted octanol–water partition coefficient (Wildman–Crippen LogP) is 2.55. The lowest BCUT2D eigenvalue weighted by Crippen LogP contribution is -2.17. The van der Waals surface area contributed by atoms with Crippen molar-refractivity contribution in [3.8, 4) is 24.3 Å². The van der Waals surface area contributed by atoms with Gasteiger partial charge >= 0.3 is 0 Å². The van der Waals surface area contributed by atoms with Gasteiger partial charge in [-0.25, -0.2) is 4.39 Å². The molecule has 1 fully saturated rings. The van der Waals surface area contributed by atoms with Crippen LogP contribution in [0.4, 0.5) is 4.39 Å². The fourth-order valence-electron chi connectivity index (χ4n) is 3.30. The highest BCUT2D eigenvalue weighted by atomic mass is 19.1. The van der Waals surface area contributed by atoms with Crippen molar-refractivity contribution in [1.29, 1.82) is 21.0 Å². The standard InChI is InChI=1S/C15H9FN4/c1-2-15(11-3-5-12(16)6-4-11)13(7-17,8-18)14(15,9-19)10-20/h3-6H,2H2,1H3. The van der Waals surface area contributed by atoms with Crippen molar-refractivity contribution >= 4 is 0 Å². The second-order valence-electron chi connectivity index (χ2n) is 4.71. The Morgan fingerprint density at radius 2 is 1.30 bits per heavy atom. The monoisotopic (exact) mass is 264 g/mol. The van der Waals surface area contributed by atoms with E-state index in [0.717, 1.165) is 0 Å². The van der Waals surface area contributed by atoms with E-state index in [1.165, 1.54) is 24.3 Å². The summed E-state index contributed by atoms with van der Waals surface area (Å²) < 4.78 is 13.1. The van der Waals surface area contributed by atoms with Crippen molar-refractivity contribution in [2.24, 2.45) is 10.8 Å². The van der Waals surface area contributed by atoms with Crippen LogP contribution in [0.1, 0.15) is 18.9 Å². The summed E-state index contributed by atoms with van der Waals surface area (Å²) in [6.45, 7) is 1.71. The van der Waals surface area contributed by atoms with Gasteiger partial charge < -0.3 is 0 Å². The SMILES string of the molecule is CCC1(c2ccc(F)cc2)C(C#N)(C#N)C1(C#N)C#N. The molecule has 1 saturated carbocycles. The molecule has 0 unspecified atom stereocenters. The first-order chi connectivity index (χ1) is 9.55. The van der Waals surface area contributed by atoms with E-state index in [-0.39, 0.29) is 6.42 Å². The van der Waals surface area contributed by atoms with E-state index < -0.39 is 22.1 Å². The Labute approximate surface area is 115 Å². The molecule has 0 aromatic heterocycles. The minimum atomic E-state index is -1.73. The first-order valence-corrected chi connectivity index (χ1v) is 5.97. The molecule has 1 aliphatic carbocycles. The van der Waals surface area contributed by atoms with Crippen LogP contribution in [-0.2, 0) is 5.41 Å². The Hall–Kier alpha value is -2.89. The number of nitriles is 4. The molecule has 1 aromatic carbocycles. The highest BCUT2D eigenvalue weighted by Crippen LogP contribution is 2.79. The Bertz CT molecular complexity index is 656. The van der Waals surface area contributed by atoms with Crippen molar-refractivity contribution in [2.75, 3.05) is 0 Å². The van der Waals surface area contributed by atoms with Gasteiger partial charge in [0.25, 0.3) is 0 Å². The molecule has 0 saturated heterocycles. The summed E-state index contributed by atoms with van der Waals surface area (Å²) in [5.41, 5.74) is -4.19. The third kappa shape index (κ3) is 1.07. The molecule has 96 valence electrons. The average molecular weight is 264 g/mol. The van der Waals surface area contributed by atoms with E-state index in [0.29, 0.717) is 5.56 Å². The lowest BCUT2D eigenvalue weighted by Gasteiger charge is -2.16. The molecule has 0 aliphatic heterocycles. The lowest BCUT2D eigenvalue weighted by molar-refractivity contribution is 0.557. The maximum absolute atomic E-state index is 13.1. The van der Waals surface area contributed by atoms with Crippen LogP contribution in [0.3, 0.4) is 0 Å². The van der Waals surface area contributed by atoms with Gasteiger partial charge in [-0.3, -0.25) is 0 Å². The van der Waals surface area contributed by atoms with Gasteiger partial charge in [0, 0.05) is 0 Å². The van der Waals surface area contributed by atoms with Crippen molar-refractivity contribution in [3.05, 3.63) is 35.6 Å². The number of benzene rings is 1. The summed E-state index contributed by atoms with van der Waals surface area (Å²) >= 11 is 0. The van der Waals surface area contributed by atoms with Gasteiger partial charge in [0.15, 0.2) is 10.8 Å². The molecule has 1 aliphatic rings. The normalized spacial score (nSPS) is 19.7. The third-order valence-electron chi connectivity index (χ3n) is 4.32. The van der Waals surface area contributed by atoms with Crippen LogP contribution < -0.4 is 0 Å². The van der Waals surface area contributed by atoms with Crippen LogP contribution in [0.15, 0.2) is 24.3 Å². The maximum atomic E-state index is 13.1. The van der Waals surface area contributed by atoms with E-state index in [2.05, 4.69) is 0 Å². The Morgan fingerprint density at radius 3 is 1.60 bits per heavy atom. The first-order valence-electron chi connectivity index (χ1n) is 5.97. The van der Waals surface area contributed by atoms with E-state index in [1.54, 1.807) is 6.92 Å². The molecule has 0 spiro atoms. The minimum Gasteiger partial charge on any atom is -0.207 e. The molecule has 0 amide bonds. The van der Waals surface area contributed by atoms with E-state index >= 15 is 0 Å². The number of rotatable bonds is 2. The van der Waals surface area contributed by atoms with Crippen LogP contribution in [0.25, 0.3) is 0 Å². The molecule has 0 heterocycles. The number of hydrogen-bond acceptors (Lipinski definition) is 4. The zero-order valence-electron chi connectivity index (χ0n) is 10.7. The summed E-state index contributed by atoms with van der Waals surface area (Å²) in [5.74, 6) is -0.459. The van der Waals surface area contributed by atoms with E-state index in [9.17, 15) is 25.4 Å². The fraction of sp³-hybridized carbons (Fsp3) is 0.333. The van der Waals surface area contributed by atoms with Crippen molar-refractivity contribution in [3.63, 3.8) is 0 Å². The second-order valence-corrected chi connectivity index (χ2v) is 4.71. The molecule has 2 rings (SSSR count). The van der Waals surface area contributed by atoms with Crippen molar-refractivity contribution < 1.29 is 4.39 Å². The molecule has 0 N–H and O–H groups in total. The third-order valence-corrected chi connectivity index (χ3v) is 4.32. The van der Waals surface area contributed by atoms with E-state index in [1.807, 2.05) is 24.3 Å². The summed E-state index contributed by atoms with van der Waals surface area (Å²) in [4.78, 5) is 0. The average Bonchev–Trinajstić information content (AvgIpc) is 3.04. The zero-order valence-corrected chi connectivity index (χ0v) is 10.7. The molecule has 0 atom stereocenters. The van der Waals surface area contributed by atoms with Crippen LogP contribution in [0.2, 0.25) is 0 Å². The molecular formula is C15H9FN4. The summed E-state index contributed by atoms with van der Waals surface area (Å²) in [6, 6.07) is 12.7. The van der Waals surface area contributed by atoms with Gasteiger partial charge in [0.2, 0.25) is 0 Å². The minimum absolute atomic E-state index is 0.265. The Balaban J connectivity index is 2.79. The maximum Gasteiger partial charge on any atom is 0.188 e. The van der Waals surface area contributed by atoms with Crippen molar-refractivity contribution in [1.82, 2.24) is 0 Å². The highest BCUT2D eigenvalue weighted by molar-refractivity contribution is 5.64. The molecule has 0 bridgehead atoms. The molecule has 4 nitrogen and oxygen atoms in total. The van der Waals surface area contributed by atoms with Crippen LogP contribution in [-0.4, -0.2) is 0 Å². The molecule has 5 heteroatoms. The lowest BCUT2D eigenvalue weighted by atomic mass is 9.83. The largest absolute Gasteiger partial charge is 0.207 e. The van der Waals surface area contributed by atoms with Gasteiger partial charge in [-0.05, 0) is 24.1 Å². The van der Waals surface area contributed by atoms with Crippen LogP contribution in [0, 0.1) is 62.0 Å². The number of hydrogen-bond donors (Lipinski definition) is 0. The van der Waals surface area contributed by atoms with Gasteiger partial charge in [-0.1, -0.05) is 19.1 Å². The molecule has 0 radical (unpaired) electrons. The Kier molecular flexibility index (Phi) is 2.75. The topological polar surface area (TPSA) is 95.2 Å². The number of halogens is 1. The van der Waals surface area contributed by atoms with Gasteiger partial charge in [0.1, 0.15) is 5.82 Å². The predicted molar refractivity (Wildman–Crippen MR) is 65.7 cm³/mol. The highest BCUT2D eigenvalue weighted by Gasteiger charge is 2.91. The molecule has 20 heavy (non-hydrogen) atoms. The van der Waals surface area contributed by atoms with E-state index in [4.69, 9.17) is 0 Å². The Morgan fingerprint density at radius 1 is 0.900 bits per heavy atom. The van der Waals surface area contributed by atoms with Gasteiger partial charge in [0.05, 0.1) is 29.7 Å². The van der Waals surface area contributed by atoms with Crippen LogP contribution in [0.5, 0.6) is 0 Å². The summed E-state index contributed by atoms with van der Waals surface area (Å²) in [6.07, 6.45) is 0.265. The van der Waals surface area contributed by atoms with Crippen molar-refractivity contribution in [2.45, 2.75) is 18.8 Å². The molecular weight excluding hydrogens is 255 g/mol. The smallest absolute Gasteiger partial charge is 0.188 e. The fourth-order valence-corrected chi connectivity index (χ4v) is 3.30. The first kappa shape index (κ1) is 13.5. The number of nitrogens with zero attached hydrogens (tertiary/aromatic N) is 4. The quantitative estimate of drug-likeness (QED) is 0.820. The van der Waals surface area contributed by atoms with Crippen LogP contribution >= 0.6 is 0 Å². The van der Waals surface area contributed by atoms with Gasteiger partial charge in [-0.2, -0.15) is 21.0 Å². The summed E-state index contributed by atoms with van der Waals surface area (Å²) in [5, 5.41) is 37.6. The summed E-state index contributed by atoms with van der Waals surface area (Å²) in [7, 11) is 0. The zero-order chi connectivity index (χ0) is 15.0. The second kappa shape index (κ2) is 4.06.